The molecule has 0 fully saturated rings. The van der Waals surface area contributed by atoms with Crippen LogP contribution in [0.15, 0.2) is 24.3 Å². The molecule has 1 amide bonds. The maximum atomic E-state index is 12.3. The summed E-state index contributed by atoms with van der Waals surface area (Å²) in [6.07, 6.45) is 0.155. The van der Waals surface area contributed by atoms with Gasteiger partial charge in [-0.1, -0.05) is 12.1 Å². The lowest BCUT2D eigenvalue weighted by Gasteiger charge is -2.29. The average molecular weight is 394 g/mol. The fraction of sp³-hybridized carbons (Fsp3) is 0.550. The molecule has 1 aromatic carbocycles. The predicted octanol–water partition coefficient (Wildman–Crippen LogP) is 1.94. The first kappa shape index (κ1) is 23.4. The Morgan fingerprint density at radius 1 is 1.18 bits per heavy atom. The molecule has 0 aromatic heterocycles. The second-order valence-electron chi connectivity index (χ2n) is 7.72. The first-order valence-corrected chi connectivity index (χ1v) is 9.13. The van der Waals surface area contributed by atoms with Crippen LogP contribution in [0.4, 0.5) is 4.79 Å². The molecule has 0 spiro atoms. The summed E-state index contributed by atoms with van der Waals surface area (Å²) in [5, 5.41) is 14.9. The molecule has 0 bridgehead atoms. The van der Waals surface area contributed by atoms with Crippen molar-refractivity contribution in [1.82, 2.24) is 10.6 Å². The van der Waals surface area contributed by atoms with E-state index in [2.05, 4.69) is 10.6 Å². The monoisotopic (exact) mass is 394 g/mol. The number of esters is 1. The molecule has 0 saturated carbocycles. The molecule has 0 radical (unpaired) electrons. The lowest BCUT2D eigenvalue weighted by atomic mass is 10.0. The Bertz CT molecular complexity index is 668. The molecule has 0 heterocycles. The van der Waals surface area contributed by atoms with Crippen molar-refractivity contribution in [2.45, 2.75) is 58.2 Å². The number of hydrogen-bond acceptors (Lipinski definition) is 7. The van der Waals surface area contributed by atoms with Gasteiger partial charge in [0, 0.05) is 6.54 Å². The Kier molecular flexibility index (Phi) is 8.43. The van der Waals surface area contributed by atoms with E-state index in [4.69, 9.17) is 9.47 Å². The molecule has 1 unspecified atom stereocenters. The number of hydrogen-bond donors (Lipinski definition) is 3. The third kappa shape index (κ3) is 8.39. The second kappa shape index (κ2) is 10.1. The van der Waals surface area contributed by atoms with E-state index in [1.54, 1.807) is 39.8 Å². The fourth-order valence-corrected chi connectivity index (χ4v) is 2.34. The van der Waals surface area contributed by atoms with E-state index >= 15 is 0 Å². The number of carbonyl (C=O) groups is 3. The highest BCUT2D eigenvalue weighted by Gasteiger charge is 2.31. The van der Waals surface area contributed by atoms with Gasteiger partial charge in [-0.15, -0.1) is 0 Å². The SMILES string of the molecule is CCOC(=O)[C@H](Cc1ccc(O)cc1)NCC(C)(C=O)NC(=O)OC(C)(C)C. The number of aldehydes is 1. The van der Waals surface area contributed by atoms with Crippen LogP contribution in [0.5, 0.6) is 5.75 Å². The van der Waals surface area contributed by atoms with Crippen molar-refractivity contribution in [3.63, 3.8) is 0 Å². The molecule has 156 valence electrons. The van der Waals surface area contributed by atoms with Crippen LogP contribution < -0.4 is 10.6 Å². The third-order valence-electron chi connectivity index (χ3n) is 3.71. The maximum absolute atomic E-state index is 12.3. The van der Waals surface area contributed by atoms with Gasteiger partial charge in [0.15, 0.2) is 0 Å². The molecule has 1 rings (SSSR count). The summed E-state index contributed by atoms with van der Waals surface area (Å²) >= 11 is 0. The number of alkyl carbamates (subject to hydrolysis) is 1. The van der Waals surface area contributed by atoms with Gasteiger partial charge in [-0.2, -0.15) is 0 Å². The summed E-state index contributed by atoms with van der Waals surface area (Å²) in [7, 11) is 0. The topological polar surface area (TPSA) is 114 Å². The summed E-state index contributed by atoms with van der Waals surface area (Å²) in [6.45, 7) is 8.60. The molecule has 28 heavy (non-hydrogen) atoms. The van der Waals surface area contributed by atoms with Gasteiger partial charge in [0.1, 0.15) is 29.2 Å². The van der Waals surface area contributed by atoms with Gasteiger partial charge >= 0.3 is 12.1 Å². The predicted molar refractivity (Wildman–Crippen MR) is 104 cm³/mol. The van der Waals surface area contributed by atoms with Crippen LogP contribution in [0.3, 0.4) is 0 Å². The number of nitrogens with one attached hydrogen (secondary N) is 2. The zero-order valence-electron chi connectivity index (χ0n) is 17.1. The Morgan fingerprint density at radius 2 is 1.79 bits per heavy atom. The van der Waals surface area contributed by atoms with E-state index in [1.165, 1.54) is 19.1 Å². The Labute approximate surface area is 165 Å². The maximum Gasteiger partial charge on any atom is 0.408 e. The number of phenols is 1. The highest BCUT2D eigenvalue weighted by Crippen LogP contribution is 2.13. The number of carbonyl (C=O) groups excluding carboxylic acids is 3. The number of aromatic hydroxyl groups is 1. The normalized spacial score (nSPS) is 14.5. The third-order valence-corrected chi connectivity index (χ3v) is 3.71. The van der Waals surface area contributed by atoms with Crippen molar-refractivity contribution < 1.29 is 29.0 Å². The van der Waals surface area contributed by atoms with Crippen LogP contribution in [0.2, 0.25) is 0 Å². The summed E-state index contributed by atoms with van der Waals surface area (Å²) < 4.78 is 10.3. The van der Waals surface area contributed by atoms with Gasteiger partial charge in [0.25, 0.3) is 0 Å². The van der Waals surface area contributed by atoms with Gasteiger partial charge < -0.3 is 30.0 Å². The lowest BCUT2D eigenvalue weighted by molar-refractivity contribution is -0.145. The smallest absolute Gasteiger partial charge is 0.408 e. The number of ether oxygens (including phenoxy) is 2. The molecule has 2 atom stereocenters. The number of phenolic OH excluding ortho intramolecular Hbond substituents is 1. The zero-order valence-corrected chi connectivity index (χ0v) is 17.1. The molecule has 0 saturated heterocycles. The number of amides is 1. The molecule has 8 heteroatoms. The van der Waals surface area contributed by atoms with Gasteiger partial charge in [-0.3, -0.25) is 4.79 Å². The van der Waals surface area contributed by atoms with Crippen molar-refractivity contribution in [3.8, 4) is 5.75 Å². The van der Waals surface area contributed by atoms with Crippen LogP contribution in [-0.4, -0.2) is 53.8 Å². The van der Waals surface area contributed by atoms with Crippen LogP contribution in [0.25, 0.3) is 0 Å². The molecular formula is C20H30N2O6. The van der Waals surface area contributed by atoms with E-state index in [0.29, 0.717) is 12.7 Å². The minimum atomic E-state index is -1.28. The average Bonchev–Trinajstić information content (AvgIpc) is 2.58. The quantitative estimate of drug-likeness (QED) is 0.433. The lowest BCUT2D eigenvalue weighted by Crippen LogP contribution is -2.57. The second-order valence-corrected chi connectivity index (χ2v) is 7.72. The Balaban J connectivity index is 2.82. The zero-order chi connectivity index (χ0) is 21.4. The van der Waals surface area contributed by atoms with Crippen molar-refractivity contribution in [2.75, 3.05) is 13.2 Å². The minimum absolute atomic E-state index is 0.00267. The minimum Gasteiger partial charge on any atom is -0.508 e. The van der Waals surface area contributed by atoms with Crippen molar-refractivity contribution >= 4 is 18.3 Å². The van der Waals surface area contributed by atoms with Gasteiger partial charge in [0.2, 0.25) is 0 Å². The highest BCUT2D eigenvalue weighted by atomic mass is 16.6. The van der Waals surface area contributed by atoms with Crippen LogP contribution in [-0.2, 0) is 25.5 Å². The van der Waals surface area contributed by atoms with Crippen molar-refractivity contribution in [2.24, 2.45) is 0 Å². The Hall–Kier alpha value is -2.61. The van der Waals surface area contributed by atoms with Crippen molar-refractivity contribution in [1.29, 1.82) is 0 Å². The van der Waals surface area contributed by atoms with E-state index < -0.39 is 29.2 Å². The first-order chi connectivity index (χ1) is 13.0. The molecular weight excluding hydrogens is 364 g/mol. The summed E-state index contributed by atoms with van der Waals surface area (Å²) in [5.41, 5.74) is -1.17. The molecule has 8 nitrogen and oxygen atoms in total. The van der Waals surface area contributed by atoms with Crippen molar-refractivity contribution in [3.05, 3.63) is 29.8 Å². The fourth-order valence-electron chi connectivity index (χ4n) is 2.34. The van der Waals surface area contributed by atoms with Crippen LogP contribution in [0, 0.1) is 0 Å². The number of benzene rings is 1. The molecule has 1 aromatic rings. The van der Waals surface area contributed by atoms with Crippen LogP contribution >= 0.6 is 0 Å². The van der Waals surface area contributed by atoms with Gasteiger partial charge in [-0.05, 0) is 58.7 Å². The van der Waals surface area contributed by atoms with E-state index in [0.717, 1.165) is 5.56 Å². The molecule has 3 N–H and O–H groups in total. The largest absolute Gasteiger partial charge is 0.508 e. The molecule has 0 aliphatic carbocycles. The summed E-state index contributed by atoms with van der Waals surface area (Å²) in [6, 6.07) is 5.71. The van der Waals surface area contributed by atoms with Gasteiger partial charge in [0.05, 0.1) is 6.61 Å². The Morgan fingerprint density at radius 3 is 2.29 bits per heavy atom. The standard InChI is InChI=1S/C20H30N2O6/c1-6-27-17(25)16(11-14-7-9-15(24)10-8-14)21-12-20(5,13-23)22-18(26)28-19(2,3)4/h7-10,13,16,21,24H,6,11-12H2,1-5H3,(H,22,26)/t16-,20?/m0/s1. The summed E-state index contributed by atoms with van der Waals surface area (Å²) in [5.74, 6) is -0.347. The van der Waals surface area contributed by atoms with E-state index in [1.807, 2.05) is 0 Å². The van der Waals surface area contributed by atoms with Crippen LogP contribution in [0.1, 0.15) is 40.2 Å². The van der Waals surface area contributed by atoms with Gasteiger partial charge in [-0.25, -0.2) is 4.79 Å². The molecule has 0 aliphatic heterocycles. The van der Waals surface area contributed by atoms with E-state index in [9.17, 15) is 19.5 Å². The summed E-state index contributed by atoms with van der Waals surface area (Å²) in [4.78, 5) is 35.9. The van der Waals surface area contributed by atoms with E-state index in [-0.39, 0.29) is 18.9 Å². The first-order valence-electron chi connectivity index (χ1n) is 9.13. The molecule has 0 aliphatic rings. The number of rotatable bonds is 9. The highest BCUT2D eigenvalue weighted by molar-refractivity contribution is 5.78.